The van der Waals surface area contributed by atoms with E-state index < -0.39 is 5.54 Å². The molecule has 0 aliphatic carbocycles. The molecule has 2 saturated heterocycles. The van der Waals surface area contributed by atoms with Gasteiger partial charge in [-0.1, -0.05) is 13.8 Å². The van der Waals surface area contributed by atoms with Crippen LogP contribution in [0.4, 0.5) is 0 Å². The van der Waals surface area contributed by atoms with E-state index >= 15 is 0 Å². The smallest absolute Gasteiger partial charge is 0.245 e. The number of hydrogen-bond acceptors (Lipinski definition) is 4. The molecular weight excluding hydrogens is 304 g/mol. The summed E-state index contributed by atoms with van der Waals surface area (Å²) in [6.07, 6.45) is 2.08. The van der Waals surface area contributed by atoms with Crippen LogP contribution in [-0.4, -0.2) is 84.9 Å². The van der Waals surface area contributed by atoms with Gasteiger partial charge in [-0.2, -0.15) is 0 Å². The molecule has 6 nitrogen and oxygen atoms in total. The Morgan fingerprint density at radius 2 is 1.88 bits per heavy atom. The molecule has 0 aromatic rings. The Balaban J connectivity index is 1.88. The van der Waals surface area contributed by atoms with Gasteiger partial charge in [-0.05, 0) is 32.7 Å². The summed E-state index contributed by atoms with van der Waals surface area (Å²) in [6, 6.07) is 0. The van der Waals surface area contributed by atoms with Gasteiger partial charge in [-0.25, -0.2) is 0 Å². The highest BCUT2D eigenvalue weighted by Crippen LogP contribution is 2.30. The molecule has 24 heavy (non-hydrogen) atoms. The SMILES string of the molecule is CC(C)CCNC(=O)[C@]1(C)CCC(=O)N1CCN1CCN(C)CC1. The van der Waals surface area contributed by atoms with Crippen molar-refractivity contribution in [3.05, 3.63) is 0 Å². The summed E-state index contributed by atoms with van der Waals surface area (Å²) in [5.41, 5.74) is -0.680. The fraction of sp³-hybridized carbons (Fsp3) is 0.889. The van der Waals surface area contributed by atoms with Crippen molar-refractivity contribution in [3.8, 4) is 0 Å². The number of hydrogen-bond donors (Lipinski definition) is 1. The number of likely N-dealkylation sites (tertiary alicyclic amines) is 1. The van der Waals surface area contributed by atoms with Crippen LogP contribution in [0.1, 0.15) is 40.0 Å². The molecule has 1 atom stereocenters. The zero-order valence-corrected chi connectivity index (χ0v) is 15.8. The molecule has 0 saturated carbocycles. The lowest BCUT2D eigenvalue weighted by molar-refractivity contribution is -0.140. The van der Waals surface area contributed by atoms with Crippen molar-refractivity contribution in [1.29, 1.82) is 0 Å². The maximum absolute atomic E-state index is 12.7. The Kier molecular flexibility index (Phi) is 6.63. The van der Waals surface area contributed by atoms with Crippen molar-refractivity contribution >= 4 is 11.8 Å². The van der Waals surface area contributed by atoms with E-state index in [1.807, 2.05) is 11.8 Å². The van der Waals surface area contributed by atoms with Crippen molar-refractivity contribution in [2.24, 2.45) is 5.92 Å². The second kappa shape index (κ2) is 8.30. The number of nitrogens with zero attached hydrogens (tertiary/aromatic N) is 3. The minimum absolute atomic E-state index is 0.00683. The number of nitrogens with one attached hydrogen (secondary N) is 1. The molecule has 2 rings (SSSR count). The second-order valence-electron chi connectivity index (χ2n) is 7.90. The molecule has 0 radical (unpaired) electrons. The molecule has 2 amide bonds. The van der Waals surface area contributed by atoms with Gasteiger partial charge in [-0.3, -0.25) is 14.5 Å². The predicted molar refractivity (Wildman–Crippen MR) is 95.8 cm³/mol. The molecule has 0 bridgehead atoms. The summed E-state index contributed by atoms with van der Waals surface area (Å²) < 4.78 is 0. The highest BCUT2D eigenvalue weighted by Gasteiger charge is 2.46. The molecule has 2 aliphatic heterocycles. The molecular formula is C18H34N4O2. The molecule has 6 heteroatoms. The minimum Gasteiger partial charge on any atom is -0.354 e. The molecule has 0 unspecified atom stereocenters. The summed E-state index contributed by atoms with van der Waals surface area (Å²) in [4.78, 5) is 31.5. The highest BCUT2D eigenvalue weighted by molar-refractivity contribution is 5.94. The summed E-state index contributed by atoms with van der Waals surface area (Å²) in [7, 11) is 2.14. The first-order valence-electron chi connectivity index (χ1n) is 9.32. The maximum atomic E-state index is 12.7. The van der Waals surface area contributed by atoms with E-state index in [0.29, 0.717) is 31.8 Å². The van der Waals surface area contributed by atoms with E-state index in [4.69, 9.17) is 0 Å². The Hall–Kier alpha value is -1.14. The van der Waals surface area contributed by atoms with Gasteiger partial charge in [0.2, 0.25) is 11.8 Å². The first kappa shape index (κ1) is 19.2. The molecule has 0 aromatic carbocycles. The molecule has 0 aromatic heterocycles. The van der Waals surface area contributed by atoms with Crippen LogP contribution in [0.25, 0.3) is 0 Å². The fourth-order valence-electron chi connectivity index (χ4n) is 3.48. The number of carbonyl (C=O) groups excluding carboxylic acids is 2. The van der Waals surface area contributed by atoms with Gasteiger partial charge in [0.15, 0.2) is 0 Å². The molecule has 0 spiro atoms. The van der Waals surface area contributed by atoms with Crippen molar-refractivity contribution in [1.82, 2.24) is 20.0 Å². The highest BCUT2D eigenvalue weighted by atomic mass is 16.2. The van der Waals surface area contributed by atoms with Crippen molar-refractivity contribution in [2.45, 2.75) is 45.6 Å². The van der Waals surface area contributed by atoms with E-state index in [0.717, 1.165) is 39.1 Å². The maximum Gasteiger partial charge on any atom is 0.245 e. The van der Waals surface area contributed by atoms with Crippen LogP contribution in [0.5, 0.6) is 0 Å². The van der Waals surface area contributed by atoms with E-state index in [1.54, 1.807) is 0 Å². The Morgan fingerprint density at radius 3 is 2.50 bits per heavy atom. The first-order chi connectivity index (χ1) is 11.3. The molecule has 1 N–H and O–H groups in total. The summed E-state index contributed by atoms with van der Waals surface area (Å²) >= 11 is 0. The average Bonchev–Trinajstić information content (AvgIpc) is 2.83. The van der Waals surface area contributed by atoms with Crippen molar-refractivity contribution in [3.63, 3.8) is 0 Å². The summed E-state index contributed by atoms with van der Waals surface area (Å²) in [5, 5.41) is 3.04. The minimum atomic E-state index is -0.680. The predicted octanol–water partition coefficient (Wildman–Crippen LogP) is 0.777. The Bertz CT molecular complexity index is 446. The zero-order valence-electron chi connectivity index (χ0n) is 15.8. The molecule has 2 fully saturated rings. The van der Waals surface area contributed by atoms with Crippen LogP contribution in [0.3, 0.4) is 0 Å². The average molecular weight is 338 g/mol. The summed E-state index contributed by atoms with van der Waals surface area (Å²) in [5.74, 6) is 0.690. The van der Waals surface area contributed by atoms with Gasteiger partial charge < -0.3 is 15.1 Å². The largest absolute Gasteiger partial charge is 0.354 e. The van der Waals surface area contributed by atoms with Crippen LogP contribution in [0.15, 0.2) is 0 Å². The number of likely N-dealkylation sites (N-methyl/N-ethyl adjacent to an activating group) is 1. The number of amides is 2. The fourth-order valence-corrected chi connectivity index (χ4v) is 3.48. The van der Waals surface area contributed by atoms with Crippen LogP contribution in [0, 0.1) is 5.92 Å². The standard InChI is InChI=1S/C18H34N4O2/c1-15(2)6-8-19-17(24)18(3)7-5-16(23)22(18)14-13-21-11-9-20(4)10-12-21/h15H,5-14H2,1-4H3,(H,19,24)/t18-/m0/s1. The molecule has 138 valence electrons. The van der Waals surface area contributed by atoms with Gasteiger partial charge in [0, 0.05) is 52.2 Å². The third-order valence-corrected chi connectivity index (χ3v) is 5.45. The third kappa shape index (κ3) is 4.70. The van der Waals surface area contributed by atoms with E-state index in [9.17, 15) is 9.59 Å². The van der Waals surface area contributed by atoms with Crippen molar-refractivity contribution in [2.75, 3.05) is 52.9 Å². The van der Waals surface area contributed by atoms with Crippen LogP contribution >= 0.6 is 0 Å². The van der Waals surface area contributed by atoms with Crippen LogP contribution < -0.4 is 5.32 Å². The Morgan fingerprint density at radius 1 is 1.21 bits per heavy atom. The normalized spacial score (nSPS) is 26.4. The van der Waals surface area contributed by atoms with Crippen LogP contribution in [-0.2, 0) is 9.59 Å². The molecule has 2 heterocycles. The van der Waals surface area contributed by atoms with E-state index in [1.165, 1.54) is 0 Å². The van der Waals surface area contributed by atoms with E-state index in [2.05, 4.69) is 36.0 Å². The van der Waals surface area contributed by atoms with Gasteiger partial charge in [0.05, 0.1) is 0 Å². The lowest BCUT2D eigenvalue weighted by Gasteiger charge is -2.37. The van der Waals surface area contributed by atoms with Gasteiger partial charge >= 0.3 is 0 Å². The quantitative estimate of drug-likeness (QED) is 0.745. The lowest BCUT2D eigenvalue weighted by atomic mass is 9.97. The first-order valence-corrected chi connectivity index (χ1v) is 9.32. The second-order valence-corrected chi connectivity index (χ2v) is 7.90. The van der Waals surface area contributed by atoms with Gasteiger partial charge in [-0.15, -0.1) is 0 Å². The number of carbonyl (C=O) groups is 2. The topological polar surface area (TPSA) is 55.9 Å². The Labute approximate surface area is 146 Å². The lowest BCUT2D eigenvalue weighted by Crippen LogP contribution is -2.57. The van der Waals surface area contributed by atoms with E-state index in [-0.39, 0.29) is 11.8 Å². The van der Waals surface area contributed by atoms with Gasteiger partial charge in [0.25, 0.3) is 0 Å². The number of rotatable bonds is 7. The summed E-state index contributed by atoms with van der Waals surface area (Å²) in [6.45, 7) is 12.6. The van der Waals surface area contributed by atoms with Gasteiger partial charge in [0.1, 0.15) is 5.54 Å². The third-order valence-electron chi connectivity index (χ3n) is 5.45. The van der Waals surface area contributed by atoms with Crippen LogP contribution in [0.2, 0.25) is 0 Å². The molecule has 2 aliphatic rings. The number of piperazine rings is 1. The van der Waals surface area contributed by atoms with Crippen molar-refractivity contribution < 1.29 is 9.59 Å². The zero-order chi connectivity index (χ0) is 17.7. The monoisotopic (exact) mass is 338 g/mol.